The third-order valence-corrected chi connectivity index (χ3v) is 0.487. The smallest absolute Gasteiger partial charge is 0.340 e. The van der Waals surface area contributed by atoms with E-state index in [2.05, 4.69) is 20.7 Å². The van der Waals surface area contributed by atoms with Gasteiger partial charge in [0.15, 0.2) is 0 Å². The third-order valence-electron chi connectivity index (χ3n) is 0.487. The van der Waals surface area contributed by atoms with Crippen LogP contribution in [-0.4, -0.2) is 21.3 Å². The first kappa shape index (κ1) is 4.62. The maximum Gasteiger partial charge on any atom is 0.551 e. The highest BCUT2D eigenvalue weighted by Gasteiger charge is 2.17. The molecule has 0 spiro atoms. The van der Waals surface area contributed by atoms with Crippen LogP contribution in [0.4, 0.5) is 0 Å². The lowest BCUT2D eigenvalue weighted by Crippen LogP contribution is -2.06. The van der Waals surface area contributed by atoms with Gasteiger partial charge in [-0.1, -0.05) is 0 Å². The SMILES string of the molecule is O[N+](O)=C1N=NN=N1. The number of rotatable bonds is 0. The first-order valence-corrected chi connectivity index (χ1v) is 1.67. The van der Waals surface area contributed by atoms with Gasteiger partial charge >= 0.3 is 5.96 Å². The molecule has 0 fully saturated rings. The molecule has 0 saturated heterocycles. The van der Waals surface area contributed by atoms with E-state index in [-0.39, 0.29) is 10.9 Å². The van der Waals surface area contributed by atoms with Gasteiger partial charge in [0, 0.05) is 0 Å². The Morgan fingerprint density at radius 1 is 1.12 bits per heavy atom. The Hall–Kier alpha value is -1.53. The lowest BCUT2D eigenvalue weighted by atomic mass is 11.1. The summed E-state index contributed by atoms with van der Waals surface area (Å²) in [7, 11) is 0. The summed E-state index contributed by atoms with van der Waals surface area (Å²) in [6.45, 7) is 0. The van der Waals surface area contributed by atoms with E-state index in [4.69, 9.17) is 10.4 Å². The van der Waals surface area contributed by atoms with Crippen LogP contribution in [0.15, 0.2) is 20.7 Å². The second-order valence-corrected chi connectivity index (χ2v) is 0.968. The molecule has 2 N–H and O–H groups in total. The van der Waals surface area contributed by atoms with Crippen LogP contribution < -0.4 is 0 Å². The first-order valence-electron chi connectivity index (χ1n) is 1.67. The van der Waals surface area contributed by atoms with E-state index < -0.39 is 0 Å². The van der Waals surface area contributed by atoms with Crippen molar-refractivity contribution < 1.29 is 15.3 Å². The van der Waals surface area contributed by atoms with E-state index in [1.165, 1.54) is 0 Å². The zero-order valence-corrected chi connectivity index (χ0v) is 3.63. The van der Waals surface area contributed by atoms with Crippen LogP contribution in [0.3, 0.4) is 0 Å². The van der Waals surface area contributed by atoms with E-state index in [0.29, 0.717) is 0 Å². The third kappa shape index (κ3) is 0.600. The van der Waals surface area contributed by atoms with E-state index in [9.17, 15) is 0 Å². The van der Waals surface area contributed by atoms with Gasteiger partial charge < -0.3 is 10.4 Å². The summed E-state index contributed by atoms with van der Waals surface area (Å²) in [5, 5.41) is 28.3. The van der Waals surface area contributed by atoms with Gasteiger partial charge in [0.25, 0.3) is 0 Å². The number of guanidine groups is 1. The van der Waals surface area contributed by atoms with E-state index in [0.717, 1.165) is 0 Å². The number of hydrogen-bond donors (Lipinski definition) is 2. The van der Waals surface area contributed by atoms with Crippen molar-refractivity contribution in [2.45, 2.75) is 0 Å². The average molecular weight is 116 g/mol. The van der Waals surface area contributed by atoms with Crippen LogP contribution in [0.5, 0.6) is 0 Å². The molecule has 7 nitrogen and oxygen atoms in total. The predicted molar refractivity (Wildman–Crippen MR) is 18.6 cm³/mol. The van der Waals surface area contributed by atoms with Crippen molar-refractivity contribution in [2.75, 3.05) is 0 Å². The van der Waals surface area contributed by atoms with Crippen molar-refractivity contribution in [2.24, 2.45) is 20.7 Å². The molecule has 42 valence electrons. The monoisotopic (exact) mass is 116 g/mol. The van der Waals surface area contributed by atoms with E-state index in [1.807, 2.05) is 0 Å². The van der Waals surface area contributed by atoms with Crippen molar-refractivity contribution in [3.63, 3.8) is 0 Å². The molecule has 0 aromatic carbocycles. The molecule has 0 aromatic rings. The van der Waals surface area contributed by atoms with Crippen molar-refractivity contribution in [3.05, 3.63) is 0 Å². The van der Waals surface area contributed by atoms with Gasteiger partial charge in [-0.2, -0.15) is 0 Å². The van der Waals surface area contributed by atoms with Crippen molar-refractivity contribution in [1.82, 2.24) is 0 Å². The van der Waals surface area contributed by atoms with Crippen LogP contribution in [0, 0.1) is 0 Å². The van der Waals surface area contributed by atoms with Gasteiger partial charge in [-0.3, -0.25) is 0 Å². The minimum atomic E-state index is -0.343. The topological polar surface area (TPSA) is 92.9 Å². The molecule has 0 bridgehead atoms. The summed E-state index contributed by atoms with van der Waals surface area (Å²) >= 11 is 0. The van der Waals surface area contributed by atoms with Crippen LogP contribution in [-0.2, 0) is 0 Å². The maximum atomic E-state index is 8.10. The second kappa shape index (κ2) is 1.52. The molecule has 0 atom stereocenters. The summed E-state index contributed by atoms with van der Waals surface area (Å²) in [5.74, 6) is -0.343. The Morgan fingerprint density at radius 2 is 1.62 bits per heavy atom. The summed E-state index contributed by atoms with van der Waals surface area (Å²) in [5.41, 5.74) is 0. The molecular weight excluding hydrogens is 114 g/mol. The van der Waals surface area contributed by atoms with Crippen LogP contribution in [0.1, 0.15) is 0 Å². The minimum absolute atomic E-state index is 0.264. The average Bonchev–Trinajstić information content (AvgIpc) is 2.12. The van der Waals surface area contributed by atoms with Gasteiger partial charge in [0.2, 0.25) is 0 Å². The predicted octanol–water partition coefficient (Wildman–Crippen LogP) is -0.0337. The van der Waals surface area contributed by atoms with Crippen LogP contribution >= 0.6 is 0 Å². The fraction of sp³-hybridized carbons (Fsp3) is 0. The Morgan fingerprint density at radius 3 is 1.88 bits per heavy atom. The zero-order chi connectivity index (χ0) is 5.98. The molecule has 0 radical (unpaired) electrons. The second-order valence-electron chi connectivity index (χ2n) is 0.968. The lowest BCUT2D eigenvalue weighted by Gasteiger charge is -1.75. The van der Waals surface area contributed by atoms with Gasteiger partial charge in [-0.05, 0) is 0 Å². The quantitative estimate of drug-likeness (QED) is 0.343. The van der Waals surface area contributed by atoms with E-state index >= 15 is 0 Å². The molecule has 0 amide bonds. The molecule has 0 saturated carbocycles. The normalized spacial score (nSPS) is 15.2. The Bertz CT molecular complexity index is 161. The molecule has 7 heteroatoms. The summed E-state index contributed by atoms with van der Waals surface area (Å²) < 4.78 is 0. The van der Waals surface area contributed by atoms with Crippen molar-refractivity contribution in [1.29, 1.82) is 0 Å². The zero-order valence-electron chi connectivity index (χ0n) is 3.63. The van der Waals surface area contributed by atoms with Crippen LogP contribution in [0.2, 0.25) is 0 Å². The highest BCUT2D eigenvalue weighted by molar-refractivity contribution is 5.75. The largest absolute Gasteiger partial charge is 0.551 e. The fourth-order valence-electron chi connectivity index (χ4n) is 0.220. The highest BCUT2D eigenvalue weighted by Crippen LogP contribution is 1.94. The molecule has 0 unspecified atom stereocenters. The molecule has 0 aliphatic carbocycles. The molecule has 1 rings (SSSR count). The summed E-state index contributed by atoms with van der Waals surface area (Å²) in [4.78, 5) is -0.264. The molecule has 1 heterocycles. The van der Waals surface area contributed by atoms with Gasteiger partial charge in [0.1, 0.15) is 4.90 Å². The molecule has 0 aromatic heterocycles. The fourth-order valence-corrected chi connectivity index (χ4v) is 0.220. The molecular formula is CH2N5O2+. The van der Waals surface area contributed by atoms with Gasteiger partial charge in [0.05, 0.1) is 20.7 Å². The molecule has 1 aliphatic heterocycles. The Balaban J connectivity index is 2.90. The highest BCUT2D eigenvalue weighted by atomic mass is 16.8. The van der Waals surface area contributed by atoms with Crippen molar-refractivity contribution in [3.8, 4) is 0 Å². The molecule has 1 aliphatic rings. The van der Waals surface area contributed by atoms with Crippen LogP contribution in [0.25, 0.3) is 0 Å². The Labute approximate surface area is 43.2 Å². The first-order chi connectivity index (χ1) is 3.80. The minimum Gasteiger partial charge on any atom is -0.340 e. The Kier molecular flexibility index (Phi) is 0.881. The summed E-state index contributed by atoms with van der Waals surface area (Å²) in [6, 6.07) is 0. The van der Waals surface area contributed by atoms with Gasteiger partial charge in [-0.15, -0.1) is 0 Å². The standard InChI is InChI=1S/CH2N5O2/c7-6(8)1-2-4-5-3-1/h7-8H/q+1. The van der Waals surface area contributed by atoms with Gasteiger partial charge in [-0.25, -0.2) is 0 Å². The molecule has 8 heavy (non-hydrogen) atoms. The van der Waals surface area contributed by atoms with E-state index in [1.54, 1.807) is 0 Å². The number of nitrogens with zero attached hydrogens (tertiary/aromatic N) is 5. The number of hydrogen-bond acceptors (Lipinski definition) is 4. The summed E-state index contributed by atoms with van der Waals surface area (Å²) in [6.07, 6.45) is 0. The maximum absolute atomic E-state index is 8.10. The lowest BCUT2D eigenvalue weighted by molar-refractivity contribution is -0.956. The van der Waals surface area contributed by atoms with Crippen molar-refractivity contribution >= 4 is 5.96 Å².